The molecule has 2 fully saturated rings. The average Bonchev–Trinajstić information content (AvgIpc) is 3.32. The Morgan fingerprint density at radius 3 is 2.41 bits per heavy atom. The second-order valence-electron chi connectivity index (χ2n) is 9.72. The van der Waals surface area contributed by atoms with Crippen LogP contribution in [0.1, 0.15) is 58.8 Å². The number of likely N-dealkylation sites (tertiary alicyclic amines) is 1. The highest BCUT2D eigenvalue weighted by Crippen LogP contribution is 2.30. The van der Waals surface area contributed by atoms with Crippen LogP contribution in [-0.2, 0) is 6.54 Å². The first-order valence-electron chi connectivity index (χ1n) is 12.6. The summed E-state index contributed by atoms with van der Waals surface area (Å²) in [5, 5.41) is 11.5. The van der Waals surface area contributed by atoms with Crippen LogP contribution in [0.2, 0.25) is 0 Å². The van der Waals surface area contributed by atoms with Gasteiger partial charge in [0.1, 0.15) is 0 Å². The fourth-order valence-electron chi connectivity index (χ4n) is 5.25. The van der Waals surface area contributed by atoms with E-state index < -0.39 is 0 Å². The lowest BCUT2D eigenvalue weighted by Gasteiger charge is -2.32. The van der Waals surface area contributed by atoms with Crippen LogP contribution in [0.25, 0.3) is 5.69 Å². The number of rotatable bonds is 6. The molecule has 5 rings (SSSR count). The number of nitrogens with one attached hydrogen (secondary N) is 2. The van der Waals surface area contributed by atoms with Crippen molar-refractivity contribution in [2.45, 2.75) is 51.1 Å². The molecule has 0 spiro atoms. The van der Waals surface area contributed by atoms with E-state index >= 15 is 0 Å². The number of carbonyl (C=O) groups is 1. The molecule has 2 aliphatic heterocycles. The molecule has 6 heteroatoms. The number of carbonyl (C=O) groups excluding carboxylic acids is 1. The Bertz CT molecular complexity index is 1080. The standard InChI is InChI=1S/C28H35N5O/c1-21-7-9-25(10-8-21)33-27(23-11-15-29-16-12-23)26(19-30-33)28(34)31-24-13-17-32(18-14-24)20-22-5-3-2-4-6-22/h2-10,19,23-24,29H,11-18,20H2,1H3,(H,31,34). The molecule has 0 radical (unpaired) electrons. The van der Waals surface area contributed by atoms with Gasteiger partial charge in [-0.25, -0.2) is 4.68 Å². The summed E-state index contributed by atoms with van der Waals surface area (Å²) in [6.45, 7) is 7.03. The molecule has 34 heavy (non-hydrogen) atoms. The molecule has 1 aromatic heterocycles. The van der Waals surface area contributed by atoms with E-state index in [1.807, 2.05) is 4.68 Å². The zero-order valence-corrected chi connectivity index (χ0v) is 20.0. The highest BCUT2D eigenvalue weighted by molar-refractivity contribution is 5.95. The summed E-state index contributed by atoms with van der Waals surface area (Å²) in [7, 11) is 0. The summed E-state index contributed by atoms with van der Waals surface area (Å²) in [5.41, 5.74) is 5.38. The van der Waals surface area contributed by atoms with Crippen LogP contribution in [-0.4, -0.2) is 52.8 Å². The van der Waals surface area contributed by atoms with Crippen molar-refractivity contribution in [1.82, 2.24) is 25.3 Å². The maximum Gasteiger partial charge on any atom is 0.255 e. The lowest BCUT2D eigenvalue weighted by molar-refractivity contribution is 0.0907. The Morgan fingerprint density at radius 2 is 1.71 bits per heavy atom. The van der Waals surface area contributed by atoms with Gasteiger partial charge >= 0.3 is 0 Å². The normalized spacial score (nSPS) is 18.1. The van der Waals surface area contributed by atoms with E-state index in [0.717, 1.165) is 75.4 Å². The summed E-state index contributed by atoms with van der Waals surface area (Å²) in [4.78, 5) is 15.9. The van der Waals surface area contributed by atoms with Gasteiger partial charge in [0.2, 0.25) is 0 Å². The molecule has 0 saturated carbocycles. The number of benzene rings is 2. The van der Waals surface area contributed by atoms with Gasteiger partial charge in [-0.1, -0.05) is 48.0 Å². The van der Waals surface area contributed by atoms with Crippen LogP contribution in [0.15, 0.2) is 60.8 Å². The fraction of sp³-hybridized carbons (Fsp3) is 0.429. The monoisotopic (exact) mass is 457 g/mol. The Balaban J connectivity index is 1.28. The molecule has 2 saturated heterocycles. The smallest absolute Gasteiger partial charge is 0.255 e. The molecular weight excluding hydrogens is 422 g/mol. The molecule has 0 unspecified atom stereocenters. The van der Waals surface area contributed by atoms with Crippen LogP contribution < -0.4 is 10.6 Å². The first-order valence-corrected chi connectivity index (χ1v) is 12.6. The van der Waals surface area contributed by atoms with Gasteiger partial charge in [0.25, 0.3) is 5.91 Å². The largest absolute Gasteiger partial charge is 0.349 e. The van der Waals surface area contributed by atoms with Crippen LogP contribution in [0.5, 0.6) is 0 Å². The van der Waals surface area contributed by atoms with Crippen LogP contribution in [0, 0.1) is 6.92 Å². The second kappa shape index (κ2) is 10.5. The summed E-state index contributed by atoms with van der Waals surface area (Å²) in [5.74, 6) is 0.354. The molecule has 0 atom stereocenters. The number of amides is 1. The van der Waals surface area contributed by atoms with Crippen molar-refractivity contribution in [3.8, 4) is 5.69 Å². The van der Waals surface area contributed by atoms with Crippen molar-refractivity contribution in [3.63, 3.8) is 0 Å². The quantitative estimate of drug-likeness (QED) is 0.586. The van der Waals surface area contributed by atoms with Crippen LogP contribution in [0.4, 0.5) is 0 Å². The highest BCUT2D eigenvalue weighted by atomic mass is 16.1. The predicted molar refractivity (Wildman–Crippen MR) is 135 cm³/mol. The number of hydrogen-bond acceptors (Lipinski definition) is 4. The predicted octanol–water partition coefficient (Wildman–Crippen LogP) is 4.04. The van der Waals surface area contributed by atoms with Gasteiger partial charge in [0.05, 0.1) is 23.1 Å². The molecule has 0 aliphatic carbocycles. The molecule has 6 nitrogen and oxygen atoms in total. The minimum atomic E-state index is 0.0217. The summed E-state index contributed by atoms with van der Waals surface area (Å²) >= 11 is 0. The summed E-state index contributed by atoms with van der Waals surface area (Å²) in [6, 6.07) is 19.2. The minimum Gasteiger partial charge on any atom is -0.349 e. The third-order valence-electron chi connectivity index (χ3n) is 7.23. The van der Waals surface area contributed by atoms with Crippen molar-refractivity contribution in [2.24, 2.45) is 0 Å². The van der Waals surface area contributed by atoms with E-state index in [4.69, 9.17) is 5.10 Å². The van der Waals surface area contributed by atoms with Crippen molar-refractivity contribution in [3.05, 3.63) is 83.2 Å². The third kappa shape index (κ3) is 5.24. The first-order chi connectivity index (χ1) is 16.7. The van der Waals surface area contributed by atoms with Crippen LogP contribution >= 0.6 is 0 Å². The second-order valence-corrected chi connectivity index (χ2v) is 9.72. The van der Waals surface area contributed by atoms with E-state index in [0.29, 0.717) is 5.92 Å². The van der Waals surface area contributed by atoms with Gasteiger partial charge in [-0.2, -0.15) is 5.10 Å². The average molecular weight is 458 g/mol. The third-order valence-corrected chi connectivity index (χ3v) is 7.23. The van der Waals surface area contributed by atoms with Gasteiger partial charge in [0, 0.05) is 31.6 Å². The zero-order chi connectivity index (χ0) is 23.3. The topological polar surface area (TPSA) is 62.2 Å². The maximum atomic E-state index is 13.5. The van der Waals surface area contributed by atoms with Gasteiger partial charge in [0.15, 0.2) is 0 Å². The maximum absolute atomic E-state index is 13.5. The molecule has 3 heterocycles. The lowest BCUT2D eigenvalue weighted by Crippen LogP contribution is -2.44. The Kier molecular flexibility index (Phi) is 7.07. The zero-order valence-electron chi connectivity index (χ0n) is 20.0. The van der Waals surface area contributed by atoms with E-state index in [2.05, 4.69) is 77.1 Å². The van der Waals surface area contributed by atoms with Crippen LogP contribution in [0.3, 0.4) is 0 Å². The van der Waals surface area contributed by atoms with Crippen molar-refractivity contribution >= 4 is 5.91 Å². The SMILES string of the molecule is Cc1ccc(-n2ncc(C(=O)NC3CCN(Cc4ccccc4)CC3)c2C2CCNCC2)cc1. The number of hydrogen-bond donors (Lipinski definition) is 2. The van der Waals surface area contributed by atoms with E-state index in [9.17, 15) is 4.79 Å². The van der Waals surface area contributed by atoms with Gasteiger partial charge in [-0.05, 0) is 63.4 Å². The fourth-order valence-corrected chi connectivity index (χ4v) is 5.25. The molecule has 2 aromatic carbocycles. The summed E-state index contributed by atoms with van der Waals surface area (Å²) in [6.07, 6.45) is 5.78. The van der Waals surface area contributed by atoms with Crippen molar-refractivity contribution in [2.75, 3.05) is 26.2 Å². The molecule has 178 valence electrons. The molecule has 0 bridgehead atoms. The number of nitrogens with zero attached hydrogens (tertiary/aromatic N) is 3. The molecule has 2 N–H and O–H groups in total. The molecule has 3 aromatic rings. The number of aryl methyl sites for hydroxylation is 1. The first kappa shape index (κ1) is 22.8. The minimum absolute atomic E-state index is 0.0217. The highest BCUT2D eigenvalue weighted by Gasteiger charge is 2.29. The Hall–Kier alpha value is -2.96. The van der Waals surface area contributed by atoms with Crippen molar-refractivity contribution < 1.29 is 4.79 Å². The molecule has 1 amide bonds. The van der Waals surface area contributed by atoms with E-state index in [-0.39, 0.29) is 11.9 Å². The Labute approximate surface area is 202 Å². The summed E-state index contributed by atoms with van der Waals surface area (Å²) < 4.78 is 1.99. The van der Waals surface area contributed by atoms with Crippen molar-refractivity contribution in [1.29, 1.82) is 0 Å². The Morgan fingerprint density at radius 1 is 1.00 bits per heavy atom. The molecule has 2 aliphatic rings. The van der Waals surface area contributed by atoms with E-state index in [1.54, 1.807) is 6.20 Å². The van der Waals surface area contributed by atoms with Gasteiger partial charge in [-0.15, -0.1) is 0 Å². The van der Waals surface area contributed by atoms with E-state index in [1.165, 1.54) is 11.1 Å². The number of piperidine rings is 2. The van der Waals surface area contributed by atoms with Gasteiger partial charge < -0.3 is 10.6 Å². The van der Waals surface area contributed by atoms with Gasteiger partial charge in [-0.3, -0.25) is 9.69 Å². The lowest BCUT2D eigenvalue weighted by atomic mass is 9.91. The number of aromatic nitrogens is 2. The molecular formula is C28H35N5O.